The Kier molecular flexibility index (Phi) is 7.79. The first-order valence-electron chi connectivity index (χ1n) is 13.3. The average Bonchev–Trinajstić information content (AvgIpc) is 3.65. The van der Waals surface area contributed by atoms with Gasteiger partial charge in [-0.3, -0.25) is 9.69 Å². The Bertz CT molecular complexity index is 997. The molecule has 0 spiro atoms. The van der Waals surface area contributed by atoms with Crippen LogP contribution in [0.4, 0.5) is 17.5 Å². The second-order valence-electron chi connectivity index (χ2n) is 10.4. The summed E-state index contributed by atoms with van der Waals surface area (Å²) in [4.78, 5) is 26.4. The van der Waals surface area contributed by atoms with Gasteiger partial charge in [0.25, 0.3) is 0 Å². The molecule has 1 aromatic carbocycles. The molecule has 8 nitrogen and oxygen atoms in total. The van der Waals surface area contributed by atoms with Crippen LogP contribution in [-0.2, 0) is 11.3 Å². The van der Waals surface area contributed by atoms with E-state index in [-0.39, 0.29) is 11.8 Å². The number of hydrogen-bond donors (Lipinski definition) is 3. The highest BCUT2D eigenvalue weighted by Gasteiger charge is 2.28. The Morgan fingerprint density at radius 2 is 1.91 bits per heavy atom. The zero-order chi connectivity index (χ0) is 24.0. The smallest absolute Gasteiger partial charge is 0.229 e. The molecule has 3 fully saturated rings. The van der Waals surface area contributed by atoms with Crippen molar-refractivity contribution in [1.82, 2.24) is 25.1 Å². The number of nitrogens with zero attached hydrogens (tertiary/aromatic N) is 4. The minimum atomic E-state index is 0.221. The molecule has 0 atom stereocenters. The Balaban J connectivity index is 1.15. The van der Waals surface area contributed by atoms with E-state index in [4.69, 9.17) is 4.98 Å². The lowest BCUT2D eigenvalue weighted by Gasteiger charge is -2.32. The van der Waals surface area contributed by atoms with Crippen LogP contribution in [0.5, 0.6) is 0 Å². The number of carbonyl (C=O) groups excluding carboxylic acids is 1. The van der Waals surface area contributed by atoms with E-state index in [9.17, 15) is 4.79 Å². The van der Waals surface area contributed by atoms with Crippen LogP contribution in [0.15, 0.2) is 30.5 Å². The number of anilines is 3. The van der Waals surface area contributed by atoms with E-state index < -0.39 is 0 Å². The van der Waals surface area contributed by atoms with Crippen molar-refractivity contribution in [3.05, 3.63) is 41.6 Å². The SMILES string of the molecule is CN1CCN(Cc2cccc(Nc3ncc(C4CC4)c(NCCCNC(=O)C4CCC4)n3)c2)CC1. The lowest BCUT2D eigenvalue weighted by atomic mass is 9.85. The lowest BCUT2D eigenvalue weighted by molar-refractivity contribution is -0.127. The van der Waals surface area contributed by atoms with Gasteiger partial charge in [0.05, 0.1) is 0 Å². The average molecular weight is 478 g/mol. The lowest BCUT2D eigenvalue weighted by Crippen LogP contribution is -2.43. The van der Waals surface area contributed by atoms with E-state index in [1.54, 1.807) is 0 Å². The number of carbonyl (C=O) groups is 1. The predicted octanol–water partition coefficient (Wildman–Crippen LogP) is 3.56. The zero-order valence-corrected chi connectivity index (χ0v) is 20.9. The fourth-order valence-corrected chi connectivity index (χ4v) is 4.75. The first-order valence-corrected chi connectivity index (χ1v) is 13.3. The van der Waals surface area contributed by atoms with Gasteiger partial charge in [-0.05, 0) is 62.8 Å². The molecular formula is C27H39N7O. The van der Waals surface area contributed by atoms with Crippen LogP contribution in [0.3, 0.4) is 0 Å². The molecule has 188 valence electrons. The highest BCUT2D eigenvalue weighted by atomic mass is 16.1. The molecule has 1 saturated heterocycles. The molecule has 1 aromatic heterocycles. The number of nitrogens with one attached hydrogen (secondary N) is 3. The van der Waals surface area contributed by atoms with E-state index in [0.29, 0.717) is 18.4 Å². The molecule has 2 heterocycles. The number of hydrogen-bond acceptors (Lipinski definition) is 7. The monoisotopic (exact) mass is 477 g/mol. The topological polar surface area (TPSA) is 85.4 Å². The first-order chi connectivity index (χ1) is 17.1. The predicted molar refractivity (Wildman–Crippen MR) is 140 cm³/mol. The van der Waals surface area contributed by atoms with Crippen LogP contribution in [0, 0.1) is 5.92 Å². The maximum Gasteiger partial charge on any atom is 0.229 e. The fourth-order valence-electron chi connectivity index (χ4n) is 4.75. The number of benzene rings is 1. The summed E-state index contributed by atoms with van der Waals surface area (Å²) < 4.78 is 0. The summed E-state index contributed by atoms with van der Waals surface area (Å²) in [5.41, 5.74) is 3.52. The summed E-state index contributed by atoms with van der Waals surface area (Å²) >= 11 is 0. The fraction of sp³-hybridized carbons (Fsp3) is 0.593. The van der Waals surface area contributed by atoms with E-state index in [2.05, 4.69) is 62.0 Å². The standard InChI is InChI=1S/C27H39N7O/c1-33-13-15-34(16-14-33)19-20-5-2-8-23(17-20)31-27-30-18-24(21-9-10-21)25(32-27)28-11-4-12-29-26(35)22-6-3-7-22/h2,5,8,17-18,21-22H,3-4,6-7,9-16,19H2,1H3,(H,29,35)(H2,28,30,31,32). The van der Waals surface area contributed by atoms with Crippen LogP contribution in [-0.4, -0.2) is 72.0 Å². The summed E-state index contributed by atoms with van der Waals surface area (Å²) in [6.07, 6.45) is 8.54. The van der Waals surface area contributed by atoms with Crippen LogP contribution >= 0.6 is 0 Å². The minimum Gasteiger partial charge on any atom is -0.370 e. The van der Waals surface area contributed by atoms with E-state index in [1.807, 2.05) is 6.20 Å². The van der Waals surface area contributed by atoms with Crippen LogP contribution in [0.25, 0.3) is 0 Å². The molecular weight excluding hydrogens is 438 g/mol. The Morgan fingerprint density at radius 1 is 1.09 bits per heavy atom. The number of piperazine rings is 1. The third-order valence-corrected chi connectivity index (χ3v) is 7.44. The van der Waals surface area contributed by atoms with Gasteiger partial charge in [0, 0.05) is 69.2 Å². The van der Waals surface area contributed by atoms with Gasteiger partial charge in [0.15, 0.2) is 0 Å². The minimum absolute atomic E-state index is 0.221. The highest BCUT2D eigenvalue weighted by Crippen LogP contribution is 2.42. The van der Waals surface area contributed by atoms with Crippen molar-refractivity contribution >= 4 is 23.4 Å². The Hall–Kier alpha value is -2.71. The van der Waals surface area contributed by atoms with E-state index in [1.165, 1.54) is 30.4 Å². The second kappa shape index (κ2) is 11.4. The van der Waals surface area contributed by atoms with Crippen molar-refractivity contribution in [2.75, 3.05) is 56.9 Å². The molecule has 2 aliphatic carbocycles. The maximum absolute atomic E-state index is 12.0. The maximum atomic E-state index is 12.0. The molecule has 1 amide bonds. The molecule has 5 rings (SSSR count). The van der Waals surface area contributed by atoms with Crippen molar-refractivity contribution in [2.24, 2.45) is 5.92 Å². The first kappa shape index (κ1) is 24.0. The van der Waals surface area contributed by atoms with Crippen molar-refractivity contribution in [3.63, 3.8) is 0 Å². The summed E-state index contributed by atoms with van der Waals surface area (Å²) in [7, 11) is 2.19. The van der Waals surface area contributed by atoms with Gasteiger partial charge in [-0.25, -0.2) is 4.98 Å². The van der Waals surface area contributed by atoms with Gasteiger partial charge in [0.1, 0.15) is 5.82 Å². The molecule has 3 N–H and O–H groups in total. The third-order valence-electron chi connectivity index (χ3n) is 7.44. The molecule has 3 aliphatic rings. The third kappa shape index (κ3) is 6.70. The number of aromatic nitrogens is 2. The van der Waals surface area contributed by atoms with Crippen LogP contribution in [0.1, 0.15) is 55.6 Å². The molecule has 0 unspecified atom stereocenters. The van der Waals surface area contributed by atoms with Gasteiger partial charge < -0.3 is 20.9 Å². The molecule has 2 aromatic rings. The zero-order valence-electron chi connectivity index (χ0n) is 20.9. The normalized spacial score (nSPS) is 19.2. The summed E-state index contributed by atoms with van der Waals surface area (Å²) in [5, 5.41) is 9.99. The molecule has 35 heavy (non-hydrogen) atoms. The largest absolute Gasteiger partial charge is 0.370 e. The molecule has 1 aliphatic heterocycles. The quantitative estimate of drug-likeness (QED) is 0.427. The molecule has 0 radical (unpaired) electrons. The van der Waals surface area contributed by atoms with Gasteiger partial charge in [-0.2, -0.15) is 4.98 Å². The van der Waals surface area contributed by atoms with E-state index >= 15 is 0 Å². The van der Waals surface area contributed by atoms with Crippen LogP contribution in [0.2, 0.25) is 0 Å². The Morgan fingerprint density at radius 3 is 2.66 bits per heavy atom. The van der Waals surface area contributed by atoms with E-state index in [0.717, 1.165) is 70.0 Å². The van der Waals surface area contributed by atoms with Crippen molar-refractivity contribution < 1.29 is 4.79 Å². The van der Waals surface area contributed by atoms with Crippen molar-refractivity contribution in [1.29, 1.82) is 0 Å². The van der Waals surface area contributed by atoms with Crippen LogP contribution < -0.4 is 16.0 Å². The molecule has 0 bridgehead atoms. The summed E-state index contributed by atoms with van der Waals surface area (Å²) in [6, 6.07) is 8.57. The van der Waals surface area contributed by atoms with Gasteiger partial charge in [-0.15, -0.1) is 0 Å². The van der Waals surface area contributed by atoms with Crippen molar-refractivity contribution in [3.8, 4) is 0 Å². The molecule has 2 saturated carbocycles. The van der Waals surface area contributed by atoms with Gasteiger partial charge in [0.2, 0.25) is 11.9 Å². The highest BCUT2D eigenvalue weighted by molar-refractivity contribution is 5.79. The second-order valence-corrected chi connectivity index (χ2v) is 10.4. The number of amides is 1. The van der Waals surface area contributed by atoms with Crippen molar-refractivity contribution in [2.45, 2.75) is 51.0 Å². The Labute approximate surface area is 208 Å². The van der Waals surface area contributed by atoms with Gasteiger partial charge in [-0.1, -0.05) is 18.6 Å². The van der Waals surface area contributed by atoms with Gasteiger partial charge >= 0.3 is 0 Å². The summed E-state index contributed by atoms with van der Waals surface area (Å²) in [6.45, 7) is 6.93. The number of likely N-dealkylation sites (N-methyl/N-ethyl adjacent to an activating group) is 1. The summed E-state index contributed by atoms with van der Waals surface area (Å²) in [5.74, 6) is 2.57. The number of rotatable bonds is 11. The molecule has 8 heteroatoms.